The molecule has 2 aromatic heterocycles. The number of nitro groups is 1. The molecule has 1 fully saturated rings. The summed E-state index contributed by atoms with van der Waals surface area (Å²) in [6.07, 6.45) is 5.20. The van der Waals surface area contributed by atoms with Crippen molar-refractivity contribution in [2.45, 2.75) is 44.1 Å². The van der Waals surface area contributed by atoms with Gasteiger partial charge in [-0.1, -0.05) is 19.8 Å². The quantitative estimate of drug-likeness (QED) is 0.290. The zero-order valence-corrected chi connectivity index (χ0v) is 24.5. The fraction of sp³-hybridized carbons (Fsp3) is 0.517. The Hall–Kier alpha value is -4.08. The van der Waals surface area contributed by atoms with E-state index in [1.807, 2.05) is 48.0 Å². The standard InChI is InChI=1S/C29H37N9O3/c1-28(2)17-37(21-12-11-20(33-25(21)28)10-9-19-7-8-19)27-32-18-31-26(34-27)29(30)16-23(38(39)40)22(15-24(29)41-6)36(5)14-13-35(3)4/h11-12,15,18-19H,7-8,13-14,16-17,30H2,1-6H3. The second-order valence-electron chi connectivity index (χ2n) is 11.9. The zero-order chi connectivity index (χ0) is 29.5. The van der Waals surface area contributed by atoms with Crippen LogP contribution in [0.5, 0.6) is 0 Å². The van der Waals surface area contributed by atoms with Crippen LogP contribution in [0.15, 0.2) is 41.7 Å². The van der Waals surface area contributed by atoms with Gasteiger partial charge in [-0.2, -0.15) is 4.98 Å². The third-order valence-electron chi connectivity index (χ3n) is 7.72. The molecule has 12 nitrogen and oxygen atoms in total. The average molecular weight is 560 g/mol. The number of fused-ring (bicyclic) bond motifs is 1. The van der Waals surface area contributed by atoms with Crippen molar-refractivity contribution in [2.75, 3.05) is 52.8 Å². The average Bonchev–Trinajstić information content (AvgIpc) is 3.73. The van der Waals surface area contributed by atoms with Crippen LogP contribution in [-0.2, 0) is 15.7 Å². The molecule has 2 aliphatic carbocycles. The van der Waals surface area contributed by atoms with Gasteiger partial charge in [0.2, 0.25) is 5.95 Å². The summed E-state index contributed by atoms with van der Waals surface area (Å²) < 4.78 is 5.71. The molecule has 1 atom stereocenters. The number of nitrogens with zero attached hydrogens (tertiary/aromatic N) is 8. The van der Waals surface area contributed by atoms with Gasteiger partial charge < -0.3 is 25.2 Å². The van der Waals surface area contributed by atoms with Crippen molar-refractivity contribution in [1.82, 2.24) is 29.7 Å². The molecule has 0 spiro atoms. The lowest BCUT2D eigenvalue weighted by Gasteiger charge is -2.34. The normalized spacial score (nSPS) is 21.3. The summed E-state index contributed by atoms with van der Waals surface area (Å²) in [6.45, 7) is 6.15. The van der Waals surface area contributed by atoms with Crippen LogP contribution in [0.3, 0.4) is 0 Å². The second-order valence-corrected chi connectivity index (χ2v) is 11.9. The van der Waals surface area contributed by atoms with Crippen LogP contribution in [0.2, 0.25) is 0 Å². The number of rotatable bonds is 8. The predicted molar refractivity (Wildman–Crippen MR) is 154 cm³/mol. The highest BCUT2D eigenvalue weighted by atomic mass is 16.6. The topological polar surface area (TPSA) is 140 Å². The van der Waals surface area contributed by atoms with E-state index in [-0.39, 0.29) is 28.3 Å². The van der Waals surface area contributed by atoms with Gasteiger partial charge in [-0.15, -0.1) is 0 Å². The molecule has 5 rings (SSSR count). The highest BCUT2D eigenvalue weighted by Gasteiger charge is 2.47. The highest BCUT2D eigenvalue weighted by Crippen LogP contribution is 2.43. The predicted octanol–water partition coefficient (Wildman–Crippen LogP) is 2.53. The minimum absolute atomic E-state index is 0.0202. The molecule has 0 saturated heterocycles. The van der Waals surface area contributed by atoms with Crippen molar-refractivity contribution in [1.29, 1.82) is 0 Å². The number of hydrogen-bond donors (Lipinski definition) is 1. The molecule has 2 N–H and O–H groups in total. The van der Waals surface area contributed by atoms with Crippen LogP contribution in [0, 0.1) is 27.9 Å². The SMILES string of the molecule is COC1=CC(N(C)CCN(C)C)=C([N+](=O)[O-])CC1(N)c1ncnc(N2CC(C)(C)c3nc(C#CC4CC4)ccc32)n1. The van der Waals surface area contributed by atoms with Gasteiger partial charge in [0.25, 0.3) is 5.70 Å². The lowest BCUT2D eigenvalue weighted by Crippen LogP contribution is -2.45. The Balaban J connectivity index is 1.49. The number of pyridine rings is 1. The lowest BCUT2D eigenvalue weighted by molar-refractivity contribution is -0.431. The van der Waals surface area contributed by atoms with E-state index < -0.39 is 5.54 Å². The fourth-order valence-corrected chi connectivity index (χ4v) is 5.17. The molecular weight excluding hydrogens is 522 g/mol. The largest absolute Gasteiger partial charge is 0.499 e. The monoisotopic (exact) mass is 559 g/mol. The third-order valence-corrected chi connectivity index (χ3v) is 7.72. The van der Waals surface area contributed by atoms with Gasteiger partial charge in [0.15, 0.2) is 5.82 Å². The van der Waals surface area contributed by atoms with Crippen LogP contribution >= 0.6 is 0 Å². The minimum Gasteiger partial charge on any atom is -0.499 e. The first kappa shape index (κ1) is 28.4. The van der Waals surface area contributed by atoms with E-state index in [9.17, 15) is 10.1 Å². The summed E-state index contributed by atoms with van der Waals surface area (Å²) in [4.78, 5) is 36.2. The maximum Gasteiger partial charge on any atom is 0.272 e. The van der Waals surface area contributed by atoms with Gasteiger partial charge in [-0.25, -0.2) is 15.0 Å². The maximum atomic E-state index is 12.2. The zero-order valence-electron chi connectivity index (χ0n) is 24.5. The molecule has 0 bridgehead atoms. The number of allylic oxidation sites excluding steroid dienone is 1. The van der Waals surface area contributed by atoms with E-state index in [1.54, 1.807) is 6.08 Å². The van der Waals surface area contributed by atoms with Crippen molar-refractivity contribution >= 4 is 11.6 Å². The third kappa shape index (κ3) is 5.60. The molecule has 1 aliphatic heterocycles. The van der Waals surface area contributed by atoms with Crippen LogP contribution in [-0.4, -0.2) is 82.5 Å². The summed E-state index contributed by atoms with van der Waals surface area (Å²) in [7, 11) is 7.23. The molecule has 12 heteroatoms. The summed E-state index contributed by atoms with van der Waals surface area (Å²) >= 11 is 0. The number of likely N-dealkylation sites (N-methyl/N-ethyl adjacent to an activating group) is 2. The maximum absolute atomic E-state index is 12.2. The second kappa shape index (κ2) is 10.7. The molecule has 41 heavy (non-hydrogen) atoms. The Morgan fingerprint density at radius 3 is 2.61 bits per heavy atom. The number of anilines is 2. The Labute approximate surface area is 240 Å². The molecule has 0 aromatic carbocycles. The summed E-state index contributed by atoms with van der Waals surface area (Å²) in [5.41, 5.74) is 8.14. The van der Waals surface area contributed by atoms with Crippen LogP contribution in [0.25, 0.3) is 0 Å². The molecule has 3 aliphatic rings. The number of ether oxygens (including phenoxy) is 1. The van der Waals surface area contributed by atoms with Gasteiger partial charge in [-0.05, 0) is 45.0 Å². The molecule has 1 saturated carbocycles. The minimum atomic E-state index is -1.46. The van der Waals surface area contributed by atoms with Gasteiger partial charge in [0.05, 0.1) is 29.8 Å². The van der Waals surface area contributed by atoms with E-state index in [1.165, 1.54) is 13.4 Å². The van der Waals surface area contributed by atoms with E-state index in [0.717, 1.165) is 36.5 Å². The summed E-state index contributed by atoms with van der Waals surface area (Å²) in [6, 6.07) is 3.92. The van der Waals surface area contributed by atoms with Gasteiger partial charge in [0, 0.05) is 44.1 Å². The Bertz CT molecular complexity index is 1490. The number of aromatic nitrogens is 4. The lowest BCUT2D eigenvalue weighted by atomic mass is 9.85. The van der Waals surface area contributed by atoms with Gasteiger partial charge in [0.1, 0.15) is 29.0 Å². The molecule has 0 radical (unpaired) electrons. The van der Waals surface area contributed by atoms with E-state index >= 15 is 0 Å². The van der Waals surface area contributed by atoms with Crippen molar-refractivity contribution < 1.29 is 9.66 Å². The van der Waals surface area contributed by atoms with Crippen molar-refractivity contribution in [3.8, 4) is 11.8 Å². The highest BCUT2D eigenvalue weighted by molar-refractivity contribution is 5.67. The first-order chi connectivity index (χ1) is 19.4. The molecule has 3 heterocycles. The van der Waals surface area contributed by atoms with Crippen LogP contribution in [0.1, 0.15) is 50.3 Å². The first-order valence-corrected chi connectivity index (χ1v) is 13.7. The van der Waals surface area contributed by atoms with E-state index in [0.29, 0.717) is 36.4 Å². The number of hydrogen-bond acceptors (Lipinski definition) is 11. The smallest absolute Gasteiger partial charge is 0.272 e. The van der Waals surface area contributed by atoms with E-state index in [4.69, 9.17) is 20.4 Å². The van der Waals surface area contributed by atoms with Crippen molar-refractivity contribution in [3.63, 3.8) is 0 Å². The Kier molecular flexibility index (Phi) is 7.44. The van der Waals surface area contributed by atoms with Gasteiger partial charge in [-0.3, -0.25) is 10.1 Å². The fourth-order valence-electron chi connectivity index (χ4n) is 5.17. The molecule has 0 amide bonds. The number of methoxy groups -OCH3 is 1. The Morgan fingerprint density at radius 2 is 1.95 bits per heavy atom. The van der Waals surface area contributed by atoms with E-state index in [2.05, 4.69) is 35.7 Å². The molecule has 216 valence electrons. The molecule has 1 unspecified atom stereocenters. The Morgan fingerprint density at radius 1 is 1.20 bits per heavy atom. The first-order valence-electron chi connectivity index (χ1n) is 13.7. The molecular formula is C29H37N9O3. The summed E-state index contributed by atoms with van der Waals surface area (Å²) in [5, 5.41) is 12.2. The molecule has 2 aromatic rings. The van der Waals surface area contributed by atoms with Gasteiger partial charge >= 0.3 is 0 Å². The van der Waals surface area contributed by atoms with Crippen molar-refractivity contribution in [3.05, 3.63) is 69.0 Å². The van der Waals surface area contributed by atoms with Crippen LogP contribution < -0.4 is 10.6 Å². The van der Waals surface area contributed by atoms with Crippen LogP contribution in [0.4, 0.5) is 11.6 Å². The number of nitrogens with two attached hydrogens (primary N) is 1. The van der Waals surface area contributed by atoms with Crippen molar-refractivity contribution in [2.24, 2.45) is 11.7 Å². The summed E-state index contributed by atoms with van der Waals surface area (Å²) in [5.74, 6) is 7.91.